The van der Waals surface area contributed by atoms with Gasteiger partial charge in [-0.25, -0.2) is 9.59 Å². The third-order valence-electron chi connectivity index (χ3n) is 3.85. The van der Waals surface area contributed by atoms with Crippen LogP contribution < -0.4 is 11.1 Å². The lowest BCUT2D eigenvalue weighted by Crippen LogP contribution is -2.22. The molecule has 2 aromatic rings. The minimum absolute atomic E-state index is 0.00403. The number of esters is 2. The maximum absolute atomic E-state index is 12.4. The summed E-state index contributed by atoms with van der Waals surface area (Å²) in [5.74, 6) is -3.15. The van der Waals surface area contributed by atoms with Crippen LogP contribution in [-0.2, 0) is 19.0 Å². The van der Waals surface area contributed by atoms with Gasteiger partial charge in [-0.15, -0.1) is 11.3 Å². The number of ether oxygens (including phenoxy) is 3. The third-order valence-corrected chi connectivity index (χ3v) is 5.89. The molecule has 2 amide bonds. The van der Waals surface area contributed by atoms with Crippen molar-refractivity contribution in [3.63, 3.8) is 0 Å². The number of halogens is 2. The first-order valence-electron chi connectivity index (χ1n) is 8.67. The van der Waals surface area contributed by atoms with Crippen LogP contribution in [0.4, 0.5) is 5.00 Å². The molecule has 0 aliphatic rings. The van der Waals surface area contributed by atoms with Gasteiger partial charge in [-0.05, 0) is 24.6 Å². The average Bonchev–Trinajstić information content (AvgIpc) is 3.04. The highest BCUT2D eigenvalue weighted by Crippen LogP contribution is 2.33. The van der Waals surface area contributed by atoms with Crippen LogP contribution in [0, 0.1) is 6.92 Å². The lowest BCUT2D eigenvalue weighted by atomic mass is 10.1. The van der Waals surface area contributed by atoms with Crippen LogP contribution in [0.1, 0.15) is 36.0 Å². The van der Waals surface area contributed by atoms with E-state index in [0.717, 1.165) is 11.3 Å². The van der Waals surface area contributed by atoms with Crippen molar-refractivity contribution in [3.05, 3.63) is 49.8 Å². The van der Waals surface area contributed by atoms with Gasteiger partial charge in [0.2, 0.25) is 0 Å². The largest absolute Gasteiger partial charge is 0.460 e. The van der Waals surface area contributed by atoms with Crippen molar-refractivity contribution in [2.75, 3.05) is 32.2 Å². The molecule has 0 saturated heterocycles. The molecule has 9 nitrogen and oxygen atoms in total. The molecule has 0 fully saturated rings. The summed E-state index contributed by atoms with van der Waals surface area (Å²) in [5.41, 5.74) is 5.57. The van der Waals surface area contributed by atoms with Crippen LogP contribution >= 0.6 is 34.5 Å². The van der Waals surface area contributed by atoms with Crippen LogP contribution in [0.15, 0.2) is 18.2 Å². The van der Waals surface area contributed by atoms with Crippen molar-refractivity contribution in [3.8, 4) is 0 Å². The summed E-state index contributed by atoms with van der Waals surface area (Å²) in [6.07, 6.45) is 0. The first-order chi connectivity index (χ1) is 14.7. The number of hydrogen-bond acceptors (Lipinski definition) is 8. The Morgan fingerprint density at radius 1 is 1.10 bits per heavy atom. The number of nitrogens with two attached hydrogens (primary N) is 1. The summed E-state index contributed by atoms with van der Waals surface area (Å²) in [4.78, 5) is 48.6. The van der Waals surface area contributed by atoms with Gasteiger partial charge in [-0.3, -0.25) is 9.59 Å². The SMILES string of the molecule is COCCOC(=O)c1c(NC(=O)COC(=O)c2cccc(Cl)c2Cl)sc(C(N)=O)c1C. The number of amides is 2. The van der Waals surface area contributed by atoms with E-state index in [4.69, 9.17) is 43.1 Å². The molecule has 1 heterocycles. The number of rotatable bonds is 9. The van der Waals surface area contributed by atoms with Gasteiger partial charge in [-0.1, -0.05) is 29.3 Å². The van der Waals surface area contributed by atoms with Gasteiger partial charge in [0.15, 0.2) is 6.61 Å². The first kappa shape index (κ1) is 24.6. The second-order valence-corrected chi connectivity index (χ2v) is 7.78. The summed E-state index contributed by atoms with van der Waals surface area (Å²) < 4.78 is 14.8. The van der Waals surface area contributed by atoms with Crippen LogP contribution in [0.3, 0.4) is 0 Å². The molecule has 1 aromatic carbocycles. The highest BCUT2D eigenvalue weighted by Gasteiger charge is 2.26. The summed E-state index contributed by atoms with van der Waals surface area (Å²) in [7, 11) is 1.44. The summed E-state index contributed by atoms with van der Waals surface area (Å²) in [5, 5.41) is 2.63. The molecule has 31 heavy (non-hydrogen) atoms. The lowest BCUT2D eigenvalue weighted by Gasteiger charge is -2.09. The van der Waals surface area contributed by atoms with Crippen molar-refractivity contribution in [2.45, 2.75) is 6.92 Å². The van der Waals surface area contributed by atoms with E-state index >= 15 is 0 Å². The maximum Gasteiger partial charge on any atom is 0.341 e. The Kier molecular flexibility index (Phi) is 8.81. The Labute approximate surface area is 191 Å². The van der Waals surface area contributed by atoms with Gasteiger partial charge in [0.25, 0.3) is 11.8 Å². The fourth-order valence-electron chi connectivity index (χ4n) is 2.41. The third kappa shape index (κ3) is 6.17. The molecule has 0 saturated carbocycles. The average molecular weight is 489 g/mol. The zero-order chi connectivity index (χ0) is 23.1. The standard InChI is InChI=1S/C19H18Cl2N2O7S/c1-9-13(19(27)29-7-6-28-2)17(31-15(9)16(22)25)23-12(24)8-30-18(26)10-4-3-5-11(20)14(10)21/h3-5H,6-8H2,1-2H3,(H2,22,25)(H,23,24). The zero-order valence-electron chi connectivity index (χ0n) is 16.5. The Bertz CT molecular complexity index is 1020. The van der Waals surface area contributed by atoms with E-state index in [2.05, 4.69) is 5.32 Å². The molecule has 0 spiro atoms. The number of primary amides is 1. The molecule has 12 heteroatoms. The second kappa shape index (κ2) is 11.1. The van der Waals surface area contributed by atoms with Crippen LogP contribution in [0.2, 0.25) is 10.0 Å². The number of carbonyl (C=O) groups is 4. The van der Waals surface area contributed by atoms with Crippen LogP contribution in [-0.4, -0.2) is 50.7 Å². The minimum atomic E-state index is -0.859. The molecular formula is C19H18Cl2N2O7S. The van der Waals surface area contributed by atoms with Crippen LogP contribution in [0.25, 0.3) is 0 Å². The van der Waals surface area contributed by atoms with Crippen molar-refractivity contribution < 1.29 is 33.4 Å². The number of thiophene rings is 1. The Hall–Kier alpha value is -2.66. The minimum Gasteiger partial charge on any atom is -0.460 e. The molecule has 0 atom stereocenters. The van der Waals surface area contributed by atoms with E-state index < -0.39 is 30.4 Å². The van der Waals surface area contributed by atoms with E-state index in [9.17, 15) is 19.2 Å². The van der Waals surface area contributed by atoms with E-state index in [1.165, 1.54) is 32.2 Å². The molecule has 0 bridgehead atoms. The zero-order valence-corrected chi connectivity index (χ0v) is 18.8. The molecule has 3 N–H and O–H groups in total. The fourth-order valence-corrected chi connectivity index (χ4v) is 3.85. The molecule has 166 valence electrons. The van der Waals surface area contributed by atoms with E-state index in [0.29, 0.717) is 0 Å². The fraction of sp³-hybridized carbons (Fsp3) is 0.263. The van der Waals surface area contributed by atoms with E-state index in [1.54, 1.807) is 0 Å². The van der Waals surface area contributed by atoms with Gasteiger partial charge >= 0.3 is 11.9 Å². The predicted octanol–water partition coefficient (Wildman–Crippen LogP) is 3.06. The highest BCUT2D eigenvalue weighted by atomic mass is 35.5. The van der Waals surface area contributed by atoms with E-state index in [-0.39, 0.29) is 49.8 Å². The Morgan fingerprint density at radius 2 is 1.81 bits per heavy atom. The molecule has 1 aromatic heterocycles. The maximum atomic E-state index is 12.4. The number of hydrogen-bond donors (Lipinski definition) is 2. The molecule has 2 rings (SSSR count). The highest BCUT2D eigenvalue weighted by molar-refractivity contribution is 7.18. The van der Waals surface area contributed by atoms with Crippen molar-refractivity contribution >= 4 is 63.3 Å². The van der Waals surface area contributed by atoms with Gasteiger partial charge in [0.05, 0.1) is 32.7 Å². The first-order valence-corrected chi connectivity index (χ1v) is 10.2. The Morgan fingerprint density at radius 3 is 2.45 bits per heavy atom. The molecule has 0 aliphatic heterocycles. The number of benzene rings is 1. The summed E-state index contributed by atoms with van der Waals surface area (Å²) >= 11 is 12.6. The van der Waals surface area contributed by atoms with Crippen molar-refractivity contribution in [1.29, 1.82) is 0 Å². The van der Waals surface area contributed by atoms with Crippen molar-refractivity contribution in [1.82, 2.24) is 0 Å². The Balaban J connectivity index is 2.13. The normalized spacial score (nSPS) is 10.5. The summed E-state index contributed by atoms with van der Waals surface area (Å²) in [6.45, 7) is 0.965. The van der Waals surface area contributed by atoms with Crippen molar-refractivity contribution in [2.24, 2.45) is 5.73 Å². The number of anilines is 1. The quantitative estimate of drug-likeness (QED) is 0.409. The monoisotopic (exact) mass is 488 g/mol. The predicted molar refractivity (Wildman–Crippen MR) is 115 cm³/mol. The number of carbonyl (C=O) groups excluding carboxylic acids is 4. The second-order valence-electron chi connectivity index (χ2n) is 5.98. The lowest BCUT2D eigenvalue weighted by molar-refractivity contribution is -0.119. The molecule has 0 aliphatic carbocycles. The van der Waals surface area contributed by atoms with Gasteiger partial charge < -0.3 is 25.3 Å². The molecular weight excluding hydrogens is 471 g/mol. The van der Waals surface area contributed by atoms with Gasteiger partial charge in [-0.2, -0.15) is 0 Å². The van der Waals surface area contributed by atoms with Gasteiger partial charge in [0, 0.05) is 7.11 Å². The topological polar surface area (TPSA) is 134 Å². The van der Waals surface area contributed by atoms with E-state index in [1.807, 2.05) is 0 Å². The number of nitrogens with one attached hydrogen (secondary N) is 1. The summed E-state index contributed by atoms with van der Waals surface area (Å²) in [6, 6.07) is 4.40. The molecule has 0 unspecified atom stereocenters. The molecule has 0 radical (unpaired) electrons. The van der Waals surface area contributed by atoms with Gasteiger partial charge in [0.1, 0.15) is 11.6 Å². The van der Waals surface area contributed by atoms with Crippen LogP contribution in [0.5, 0.6) is 0 Å². The number of methoxy groups -OCH3 is 1. The smallest absolute Gasteiger partial charge is 0.341 e.